The molecule has 1 heterocycles. The lowest BCUT2D eigenvalue weighted by molar-refractivity contribution is -0.126. The Hall–Kier alpha value is -0.660. The van der Waals surface area contributed by atoms with E-state index in [9.17, 15) is 13.2 Å². The third kappa shape index (κ3) is 5.67. The molecule has 0 radical (unpaired) electrons. The monoisotopic (exact) mass is 399 g/mol. The molecule has 0 aromatic rings. The molecule has 0 bridgehead atoms. The Kier molecular flexibility index (Phi) is 7.20. The van der Waals surface area contributed by atoms with Crippen molar-refractivity contribution in [2.75, 3.05) is 13.1 Å². The summed E-state index contributed by atoms with van der Waals surface area (Å²) in [7, 11) is -3.39. The van der Waals surface area contributed by atoms with Crippen molar-refractivity contribution in [1.29, 1.82) is 0 Å². The molecule has 3 rings (SSSR count). The number of amides is 1. The molecule has 3 N–H and O–H groups in total. The summed E-state index contributed by atoms with van der Waals surface area (Å²) in [5.74, 6) is 0.658. The Labute approximate surface area is 164 Å². The van der Waals surface area contributed by atoms with Gasteiger partial charge in [-0.1, -0.05) is 13.8 Å². The van der Waals surface area contributed by atoms with Gasteiger partial charge < -0.3 is 10.6 Å². The van der Waals surface area contributed by atoms with Gasteiger partial charge in [-0.15, -0.1) is 0 Å². The smallest absolute Gasteiger partial charge is 0.223 e. The highest BCUT2D eigenvalue weighted by Crippen LogP contribution is 2.34. The second kappa shape index (κ2) is 9.23. The Morgan fingerprint density at radius 3 is 2.37 bits per heavy atom. The fraction of sp³-hybridized carbons (Fsp3) is 0.950. The number of sulfonamides is 1. The molecule has 0 aromatic carbocycles. The van der Waals surface area contributed by atoms with Gasteiger partial charge >= 0.3 is 0 Å². The quantitative estimate of drug-likeness (QED) is 0.661. The average molecular weight is 400 g/mol. The van der Waals surface area contributed by atoms with Crippen molar-refractivity contribution in [2.45, 2.75) is 89.0 Å². The van der Waals surface area contributed by atoms with E-state index in [4.69, 9.17) is 0 Å². The molecule has 1 amide bonds. The summed E-state index contributed by atoms with van der Waals surface area (Å²) in [5, 5.41) is 6.00. The van der Waals surface area contributed by atoms with Gasteiger partial charge in [-0.2, -0.15) is 0 Å². The van der Waals surface area contributed by atoms with E-state index in [1.54, 1.807) is 0 Å². The Morgan fingerprint density at radius 1 is 0.963 bits per heavy atom. The zero-order valence-electron chi connectivity index (χ0n) is 16.9. The third-order valence-corrected chi connectivity index (χ3v) is 9.00. The van der Waals surface area contributed by atoms with Crippen LogP contribution in [0.5, 0.6) is 0 Å². The highest BCUT2D eigenvalue weighted by Gasteiger charge is 2.40. The van der Waals surface area contributed by atoms with Crippen molar-refractivity contribution >= 4 is 15.9 Å². The topological polar surface area (TPSA) is 87.3 Å². The Bertz CT molecular complexity index is 596. The number of rotatable bonds is 5. The van der Waals surface area contributed by atoms with Crippen molar-refractivity contribution in [3.05, 3.63) is 0 Å². The first kappa shape index (κ1) is 21.1. The summed E-state index contributed by atoms with van der Waals surface area (Å²) in [4.78, 5) is 12.7. The molecule has 156 valence electrons. The van der Waals surface area contributed by atoms with E-state index >= 15 is 0 Å². The number of carbonyl (C=O) groups excluding carboxylic acids is 1. The van der Waals surface area contributed by atoms with E-state index in [0.29, 0.717) is 12.3 Å². The summed E-state index contributed by atoms with van der Waals surface area (Å²) in [5.41, 5.74) is 0. The fourth-order valence-corrected chi connectivity index (χ4v) is 7.05. The van der Waals surface area contributed by atoms with Crippen LogP contribution in [0.3, 0.4) is 0 Å². The van der Waals surface area contributed by atoms with Crippen LogP contribution in [0.2, 0.25) is 0 Å². The lowest BCUT2D eigenvalue weighted by atomic mass is 9.82. The minimum Gasteiger partial charge on any atom is -0.352 e. The molecule has 3 fully saturated rings. The zero-order valence-corrected chi connectivity index (χ0v) is 17.7. The third-order valence-electron chi connectivity index (χ3n) is 6.88. The molecular weight excluding hydrogens is 362 g/mol. The zero-order chi connectivity index (χ0) is 19.4. The van der Waals surface area contributed by atoms with E-state index in [1.165, 1.54) is 0 Å². The maximum absolute atomic E-state index is 13.1. The Balaban J connectivity index is 1.57. The van der Waals surface area contributed by atoms with Gasteiger partial charge in [0.2, 0.25) is 15.9 Å². The van der Waals surface area contributed by atoms with Gasteiger partial charge in [-0.05, 0) is 76.2 Å². The first-order valence-electron chi connectivity index (χ1n) is 10.9. The highest BCUT2D eigenvalue weighted by atomic mass is 32.2. The summed E-state index contributed by atoms with van der Waals surface area (Å²) >= 11 is 0. The van der Waals surface area contributed by atoms with Crippen LogP contribution in [0.15, 0.2) is 0 Å². The van der Waals surface area contributed by atoms with Crippen LogP contribution in [0.1, 0.15) is 71.6 Å². The maximum Gasteiger partial charge on any atom is 0.223 e. The van der Waals surface area contributed by atoms with Gasteiger partial charge in [0.25, 0.3) is 0 Å². The second-order valence-corrected chi connectivity index (χ2v) is 11.1. The van der Waals surface area contributed by atoms with Crippen LogP contribution in [0.25, 0.3) is 0 Å². The first-order valence-corrected chi connectivity index (χ1v) is 12.4. The lowest BCUT2D eigenvalue weighted by Crippen LogP contribution is -2.51. The van der Waals surface area contributed by atoms with Gasteiger partial charge in [0.1, 0.15) is 0 Å². The van der Waals surface area contributed by atoms with Gasteiger partial charge in [-0.3, -0.25) is 4.79 Å². The fourth-order valence-electron chi connectivity index (χ4n) is 4.94. The SMILES string of the molecule is CC1CCC(NS(=O)(=O)C2CC(C(=O)NC3CCCNC3)CCC2C)CC1. The molecule has 4 atom stereocenters. The number of nitrogens with one attached hydrogen (secondary N) is 3. The number of hydrogen-bond acceptors (Lipinski definition) is 4. The molecule has 1 saturated heterocycles. The second-order valence-electron chi connectivity index (χ2n) is 9.20. The molecule has 2 aliphatic carbocycles. The van der Waals surface area contributed by atoms with Crippen molar-refractivity contribution in [1.82, 2.24) is 15.4 Å². The molecule has 0 spiro atoms. The summed E-state index contributed by atoms with van der Waals surface area (Å²) < 4.78 is 29.1. The molecule has 4 unspecified atom stereocenters. The van der Waals surface area contributed by atoms with Crippen LogP contribution in [0, 0.1) is 17.8 Å². The summed E-state index contributed by atoms with van der Waals surface area (Å²) in [6.07, 6.45) is 8.17. The van der Waals surface area contributed by atoms with Crippen LogP contribution in [-0.2, 0) is 14.8 Å². The maximum atomic E-state index is 13.1. The number of piperidine rings is 1. The van der Waals surface area contributed by atoms with Crippen LogP contribution >= 0.6 is 0 Å². The minimum atomic E-state index is -3.39. The van der Waals surface area contributed by atoms with E-state index in [1.807, 2.05) is 6.92 Å². The predicted octanol–water partition coefficient (Wildman–Crippen LogP) is 2.16. The standard InChI is InChI=1S/C20H37N3O3S/c1-14-5-9-17(10-6-14)23-27(25,26)19-12-16(8-7-15(19)2)20(24)22-18-4-3-11-21-13-18/h14-19,21,23H,3-13H2,1-2H3,(H,22,24). The van der Waals surface area contributed by atoms with E-state index in [-0.39, 0.29) is 29.8 Å². The molecule has 7 heteroatoms. The van der Waals surface area contributed by atoms with E-state index < -0.39 is 15.3 Å². The van der Waals surface area contributed by atoms with E-state index in [0.717, 1.165) is 64.5 Å². The van der Waals surface area contributed by atoms with Crippen LogP contribution in [-0.4, -0.2) is 44.7 Å². The van der Waals surface area contributed by atoms with Crippen LogP contribution < -0.4 is 15.4 Å². The average Bonchev–Trinajstić information content (AvgIpc) is 2.64. The largest absolute Gasteiger partial charge is 0.352 e. The summed E-state index contributed by atoms with van der Waals surface area (Å²) in [6.45, 7) is 6.09. The van der Waals surface area contributed by atoms with Gasteiger partial charge in [0.15, 0.2) is 0 Å². The molecule has 0 aromatic heterocycles. The normalized spacial score (nSPS) is 38.3. The molecule has 1 aliphatic heterocycles. The van der Waals surface area contributed by atoms with Crippen molar-refractivity contribution < 1.29 is 13.2 Å². The number of carbonyl (C=O) groups is 1. The lowest BCUT2D eigenvalue weighted by Gasteiger charge is -2.36. The highest BCUT2D eigenvalue weighted by molar-refractivity contribution is 7.90. The molecule has 27 heavy (non-hydrogen) atoms. The van der Waals surface area contributed by atoms with E-state index in [2.05, 4.69) is 22.3 Å². The molecule has 2 saturated carbocycles. The van der Waals surface area contributed by atoms with Gasteiger partial charge in [-0.25, -0.2) is 13.1 Å². The minimum absolute atomic E-state index is 0.0438. The predicted molar refractivity (Wildman–Crippen MR) is 108 cm³/mol. The first-order chi connectivity index (χ1) is 12.8. The summed E-state index contributed by atoms with van der Waals surface area (Å²) in [6, 6.07) is 0.254. The van der Waals surface area contributed by atoms with Crippen LogP contribution in [0.4, 0.5) is 0 Å². The number of hydrogen-bond donors (Lipinski definition) is 3. The molecular formula is C20H37N3O3S. The van der Waals surface area contributed by atoms with Crippen molar-refractivity contribution in [3.63, 3.8) is 0 Å². The molecule has 6 nitrogen and oxygen atoms in total. The van der Waals surface area contributed by atoms with Gasteiger partial charge in [0, 0.05) is 24.5 Å². The Morgan fingerprint density at radius 2 is 1.70 bits per heavy atom. The van der Waals surface area contributed by atoms with Crippen molar-refractivity contribution in [3.8, 4) is 0 Å². The van der Waals surface area contributed by atoms with Gasteiger partial charge in [0.05, 0.1) is 5.25 Å². The molecule has 3 aliphatic rings. The van der Waals surface area contributed by atoms with Crippen molar-refractivity contribution in [2.24, 2.45) is 17.8 Å².